The molecule has 0 radical (unpaired) electrons. The number of benzene rings is 1. The van der Waals surface area contributed by atoms with Crippen LogP contribution in [0.2, 0.25) is 0 Å². The number of hydrogen-bond acceptors (Lipinski definition) is 7. The van der Waals surface area contributed by atoms with E-state index in [-0.39, 0.29) is 29.2 Å². The summed E-state index contributed by atoms with van der Waals surface area (Å²) in [5, 5.41) is 37.7. The van der Waals surface area contributed by atoms with Crippen molar-refractivity contribution in [2.75, 3.05) is 6.61 Å². The zero-order valence-electron chi connectivity index (χ0n) is 12.8. The Labute approximate surface area is 137 Å². The van der Waals surface area contributed by atoms with Crippen molar-refractivity contribution >= 4 is 17.7 Å². The molecule has 1 aromatic rings. The van der Waals surface area contributed by atoms with E-state index >= 15 is 0 Å². The van der Waals surface area contributed by atoms with Gasteiger partial charge >= 0.3 is 11.7 Å². The molecule has 9 nitrogen and oxygen atoms in total. The summed E-state index contributed by atoms with van der Waals surface area (Å²) in [4.78, 5) is 21.4. The normalized spacial score (nSPS) is 10.7. The maximum atomic E-state index is 11.3. The number of carboxylic acid groups (broad SMARTS) is 1. The monoisotopic (exact) mass is 331 g/mol. The Morgan fingerprint density at radius 2 is 2.08 bits per heavy atom. The number of carbonyl (C=O) groups is 1. The zero-order chi connectivity index (χ0) is 18.3. The van der Waals surface area contributed by atoms with E-state index in [1.54, 1.807) is 19.1 Å². The lowest BCUT2D eigenvalue weighted by Crippen LogP contribution is -2.23. The summed E-state index contributed by atoms with van der Waals surface area (Å²) < 4.78 is 10.4. The summed E-state index contributed by atoms with van der Waals surface area (Å²) in [5.74, 6) is -1.68. The minimum absolute atomic E-state index is 0.0544. The summed E-state index contributed by atoms with van der Waals surface area (Å²) in [6.07, 6.45) is -0.182. The summed E-state index contributed by atoms with van der Waals surface area (Å²) in [6.45, 7) is 3.00. The van der Waals surface area contributed by atoms with E-state index in [9.17, 15) is 14.9 Å². The maximum Gasteiger partial charge on any atom is 0.344 e. The number of allylic oxidation sites excluding steroid dienone is 1. The van der Waals surface area contributed by atoms with Gasteiger partial charge in [0, 0.05) is 6.07 Å². The molecule has 0 aliphatic carbocycles. The van der Waals surface area contributed by atoms with Crippen LogP contribution in [0.1, 0.15) is 19.4 Å². The molecule has 1 rings (SSSR count). The van der Waals surface area contributed by atoms with Gasteiger partial charge in [0.15, 0.2) is 11.9 Å². The molecule has 0 fully saturated rings. The number of nitro groups is 1. The number of rotatable bonds is 7. The Bertz CT molecular complexity index is 757. The van der Waals surface area contributed by atoms with Crippen LogP contribution in [0, 0.1) is 32.8 Å². The zero-order valence-corrected chi connectivity index (χ0v) is 12.8. The van der Waals surface area contributed by atoms with Crippen LogP contribution < -0.4 is 9.47 Å². The third kappa shape index (κ3) is 4.45. The van der Waals surface area contributed by atoms with Crippen LogP contribution in [0.4, 0.5) is 5.69 Å². The molecule has 0 aromatic heterocycles. The Morgan fingerprint density at radius 1 is 1.46 bits per heavy atom. The van der Waals surface area contributed by atoms with Gasteiger partial charge in [0.1, 0.15) is 17.7 Å². The molecule has 124 valence electrons. The summed E-state index contributed by atoms with van der Waals surface area (Å²) in [5.41, 5.74) is -0.603. The number of carboxylic acids is 1. The molecule has 1 atom stereocenters. The second-order valence-electron chi connectivity index (χ2n) is 4.44. The van der Waals surface area contributed by atoms with Gasteiger partial charge in [-0.25, -0.2) is 4.79 Å². The molecule has 1 aromatic carbocycles. The van der Waals surface area contributed by atoms with Gasteiger partial charge in [-0.05, 0) is 31.6 Å². The van der Waals surface area contributed by atoms with Gasteiger partial charge in [0.2, 0.25) is 5.75 Å². The van der Waals surface area contributed by atoms with Gasteiger partial charge in [0.25, 0.3) is 0 Å². The summed E-state index contributed by atoms with van der Waals surface area (Å²) >= 11 is 0. The third-order valence-electron chi connectivity index (χ3n) is 2.75. The highest BCUT2D eigenvalue weighted by atomic mass is 16.6. The Hall–Kier alpha value is -3.59. The van der Waals surface area contributed by atoms with Crippen LogP contribution >= 0.6 is 0 Å². The van der Waals surface area contributed by atoms with E-state index in [1.807, 2.05) is 0 Å². The Kier molecular flexibility index (Phi) is 6.27. The summed E-state index contributed by atoms with van der Waals surface area (Å²) in [7, 11) is 0. The number of aliphatic carboxylic acids is 1. The van der Waals surface area contributed by atoms with Crippen molar-refractivity contribution in [1.82, 2.24) is 0 Å². The van der Waals surface area contributed by atoms with E-state index in [0.29, 0.717) is 0 Å². The first-order valence-corrected chi connectivity index (χ1v) is 6.70. The van der Waals surface area contributed by atoms with Crippen molar-refractivity contribution in [3.63, 3.8) is 0 Å². The molecule has 0 aliphatic rings. The van der Waals surface area contributed by atoms with E-state index in [1.165, 1.54) is 13.0 Å². The average molecular weight is 331 g/mol. The molecule has 9 heteroatoms. The van der Waals surface area contributed by atoms with Crippen LogP contribution in [0.5, 0.6) is 11.5 Å². The van der Waals surface area contributed by atoms with Crippen molar-refractivity contribution in [3.8, 4) is 23.6 Å². The van der Waals surface area contributed by atoms with Crippen molar-refractivity contribution < 1.29 is 24.3 Å². The van der Waals surface area contributed by atoms with Crippen LogP contribution in [-0.4, -0.2) is 28.7 Å². The molecule has 24 heavy (non-hydrogen) atoms. The second kappa shape index (κ2) is 8.15. The van der Waals surface area contributed by atoms with Gasteiger partial charge in [0.05, 0.1) is 11.5 Å². The number of nitriles is 2. The molecule has 0 amide bonds. The summed E-state index contributed by atoms with van der Waals surface area (Å²) in [6, 6.07) is 5.68. The first kappa shape index (κ1) is 18.5. The molecule has 0 aliphatic heterocycles. The van der Waals surface area contributed by atoms with Crippen LogP contribution in [0.3, 0.4) is 0 Å². The largest absolute Gasteiger partial charge is 0.490 e. The first-order chi connectivity index (χ1) is 11.3. The molecule has 0 saturated heterocycles. The van der Waals surface area contributed by atoms with E-state index < -0.39 is 22.7 Å². The smallest absolute Gasteiger partial charge is 0.344 e. The number of ether oxygens (including phenoxy) is 2. The van der Waals surface area contributed by atoms with Gasteiger partial charge in [-0.3, -0.25) is 10.1 Å². The highest BCUT2D eigenvalue weighted by Crippen LogP contribution is 2.39. The Balaban J connectivity index is 3.55. The minimum Gasteiger partial charge on any atom is -0.490 e. The van der Waals surface area contributed by atoms with Gasteiger partial charge < -0.3 is 14.6 Å². The third-order valence-corrected chi connectivity index (χ3v) is 2.75. The fourth-order valence-electron chi connectivity index (χ4n) is 1.69. The van der Waals surface area contributed by atoms with Gasteiger partial charge in [-0.1, -0.05) is 0 Å². The van der Waals surface area contributed by atoms with Crippen molar-refractivity contribution in [2.45, 2.75) is 20.0 Å². The lowest BCUT2D eigenvalue weighted by molar-refractivity contribution is -0.386. The standard InChI is InChI=1S/C15H13N3O6/c1-3-23-13-6-10(4-11(7-16)8-17)5-12(18(21)22)14(13)24-9(2)15(19)20/h4-6,9H,3H2,1-2H3,(H,19,20). The first-order valence-electron chi connectivity index (χ1n) is 6.70. The van der Waals surface area contributed by atoms with Crippen molar-refractivity contribution in [2.24, 2.45) is 0 Å². The molecule has 0 heterocycles. The molecular formula is C15H13N3O6. The van der Waals surface area contributed by atoms with Gasteiger partial charge in [-0.15, -0.1) is 0 Å². The molecular weight excluding hydrogens is 318 g/mol. The fourth-order valence-corrected chi connectivity index (χ4v) is 1.69. The minimum atomic E-state index is -1.34. The molecule has 0 spiro atoms. The molecule has 1 N–H and O–H groups in total. The lowest BCUT2D eigenvalue weighted by Gasteiger charge is -2.15. The van der Waals surface area contributed by atoms with Crippen LogP contribution in [-0.2, 0) is 4.79 Å². The number of hydrogen-bond donors (Lipinski definition) is 1. The van der Waals surface area contributed by atoms with Crippen LogP contribution in [0.15, 0.2) is 17.7 Å². The molecule has 0 saturated carbocycles. The quantitative estimate of drug-likeness (QED) is 0.454. The number of nitro benzene ring substituents is 1. The predicted octanol–water partition coefficient (Wildman–Crippen LogP) is 2.28. The maximum absolute atomic E-state index is 11.3. The highest BCUT2D eigenvalue weighted by Gasteiger charge is 2.26. The Morgan fingerprint density at radius 3 is 2.54 bits per heavy atom. The fraction of sp³-hybridized carbons (Fsp3) is 0.267. The molecule has 0 bridgehead atoms. The lowest BCUT2D eigenvalue weighted by atomic mass is 10.1. The van der Waals surface area contributed by atoms with E-state index in [4.69, 9.17) is 25.1 Å². The second-order valence-corrected chi connectivity index (χ2v) is 4.44. The van der Waals surface area contributed by atoms with Gasteiger partial charge in [-0.2, -0.15) is 10.5 Å². The highest BCUT2D eigenvalue weighted by molar-refractivity contribution is 5.74. The number of nitrogens with zero attached hydrogens (tertiary/aromatic N) is 3. The van der Waals surface area contributed by atoms with E-state index in [0.717, 1.165) is 12.1 Å². The van der Waals surface area contributed by atoms with Crippen molar-refractivity contribution in [3.05, 3.63) is 33.4 Å². The van der Waals surface area contributed by atoms with Crippen LogP contribution in [0.25, 0.3) is 6.08 Å². The van der Waals surface area contributed by atoms with Crippen molar-refractivity contribution in [1.29, 1.82) is 10.5 Å². The van der Waals surface area contributed by atoms with E-state index in [2.05, 4.69) is 0 Å². The predicted molar refractivity (Wildman–Crippen MR) is 81.2 cm³/mol. The SMILES string of the molecule is CCOc1cc(C=C(C#N)C#N)cc([N+](=O)[O-])c1OC(C)C(=O)O. The topological polar surface area (TPSA) is 146 Å². The average Bonchev–Trinajstić information content (AvgIpc) is 2.54. The molecule has 1 unspecified atom stereocenters.